The molecular weight excluding hydrogens is 487 g/mol. The van der Waals surface area contributed by atoms with Crippen molar-refractivity contribution >= 4 is 45.9 Å². The van der Waals surface area contributed by atoms with Crippen LogP contribution in [0.1, 0.15) is 0 Å². The standard InChI is InChI=1S/C26H22ClFN4O2S/c27-21-9-2-4-11-23(21)30-12-14-31(15-13-30)24(33)17-35-26-29-22-10-3-1-8-20(22)25(34)32(26)19-7-5-6-18(28)16-19/h1-11,16H,12-15,17H2. The number of anilines is 1. The van der Waals surface area contributed by atoms with E-state index in [1.165, 1.54) is 28.5 Å². The van der Waals surface area contributed by atoms with Gasteiger partial charge in [-0.25, -0.2) is 9.37 Å². The summed E-state index contributed by atoms with van der Waals surface area (Å²) in [6.45, 7) is 2.52. The quantitative estimate of drug-likeness (QED) is 0.291. The molecule has 0 aliphatic carbocycles. The van der Waals surface area contributed by atoms with Crippen molar-refractivity contribution in [1.29, 1.82) is 0 Å². The molecule has 0 atom stereocenters. The number of hydrogen-bond acceptors (Lipinski definition) is 5. The average molecular weight is 509 g/mol. The first-order valence-electron chi connectivity index (χ1n) is 11.2. The van der Waals surface area contributed by atoms with Gasteiger partial charge in [0.2, 0.25) is 5.91 Å². The number of para-hydroxylation sites is 2. The molecule has 1 aliphatic rings. The molecule has 1 saturated heterocycles. The van der Waals surface area contributed by atoms with E-state index in [4.69, 9.17) is 11.6 Å². The monoisotopic (exact) mass is 508 g/mol. The van der Waals surface area contributed by atoms with Gasteiger partial charge in [0, 0.05) is 26.2 Å². The number of benzene rings is 3. The van der Waals surface area contributed by atoms with Gasteiger partial charge in [-0.3, -0.25) is 14.2 Å². The average Bonchev–Trinajstić information content (AvgIpc) is 2.88. The third kappa shape index (κ3) is 4.90. The van der Waals surface area contributed by atoms with E-state index in [9.17, 15) is 14.0 Å². The number of carbonyl (C=O) groups excluding carboxylic acids is 1. The Morgan fingerprint density at radius 3 is 2.49 bits per heavy atom. The molecule has 35 heavy (non-hydrogen) atoms. The van der Waals surface area contributed by atoms with Crippen LogP contribution in [0.5, 0.6) is 0 Å². The molecule has 1 fully saturated rings. The fourth-order valence-corrected chi connectivity index (χ4v) is 5.35. The SMILES string of the molecule is O=C(CSc1nc2ccccc2c(=O)n1-c1cccc(F)c1)N1CCN(c2ccccc2Cl)CC1. The summed E-state index contributed by atoms with van der Waals surface area (Å²) in [6.07, 6.45) is 0. The number of aromatic nitrogens is 2. The van der Waals surface area contributed by atoms with Crippen LogP contribution in [0.3, 0.4) is 0 Å². The Balaban J connectivity index is 1.34. The highest BCUT2D eigenvalue weighted by molar-refractivity contribution is 7.99. The zero-order chi connectivity index (χ0) is 24.4. The Labute approximate surface area is 210 Å². The van der Waals surface area contributed by atoms with Gasteiger partial charge >= 0.3 is 0 Å². The minimum atomic E-state index is -0.453. The van der Waals surface area contributed by atoms with Gasteiger partial charge in [-0.2, -0.15) is 0 Å². The van der Waals surface area contributed by atoms with E-state index < -0.39 is 5.82 Å². The van der Waals surface area contributed by atoms with E-state index in [1.54, 1.807) is 36.4 Å². The van der Waals surface area contributed by atoms with Gasteiger partial charge in [-0.05, 0) is 42.5 Å². The van der Waals surface area contributed by atoms with Crippen LogP contribution >= 0.6 is 23.4 Å². The van der Waals surface area contributed by atoms with Crippen molar-refractivity contribution in [1.82, 2.24) is 14.5 Å². The van der Waals surface area contributed by atoms with E-state index in [-0.39, 0.29) is 17.2 Å². The Morgan fingerprint density at radius 1 is 0.971 bits per heavy atom. The Morgan fingerprint density at radius 2 is 1.71 bits per heavy atom. The second kappa shape index (κ2) is 10.1. The highest BCUT2D eigenvalue weighted by Gasteiger charge is 2.23. The van der Waals surface area contributed by atoms with Crippen LogP contribution in [0.25, 0.3) is 16.6 Å². The van der Waals surface area contributed by atoms with Gasteiger partial charge in [0.15, 0.2) is 5.16 Å². The lowest BCUT2D eigenvalue weighted by Gasteiger charge is -2.36. The van der Waals surface area contributed by atoms with Crippen molar-refractivity contribution in [3.8, 4) is 5.69 Å². The Kier molecular flexibility index (Phi) is 6.74. The summed E-state index contributed by atoms with van der Waals surface area (Å²) in [5.41, 5.74) is 1.57. The molecule has 1 aliphatic heterocycles. The minimum Gasteiger partial charge on any atom is -0.367 e. The maximum atomic E-state index is 14.0. The minimum absolute atomic E-state index is 0.0398. The van der Waals surface area contributed by atoms with Gasteiger partial charge in [-0.1, -0.05) is 53.7 Å². The molecule has 178 valence electrons. The second-order valence-corrected chi connectivity index (χ2v) is 9.49. The van der Waals surface area contributed by atoms with E-state index in [0.717, 1.165) is 5.69 Å². The van der Waals surface area contributed by atoms with Crippen LogP contribution in [-0.4, -0.2) is 52.3 Å². The first kappa shape index (κ1) is 23.4. The summed E-state index contributed by atoms with van der Waals surface area (Å²) < 4.78 is 15.3. The van der Waals surface area contributed by atoms with Crippen LogP contribution in [-0.2, 0) is 4.79 Å². The van der Waals surface area contributed by atoms with Gasteiger partial charge in [0.1, 0.15) is 5.82 Å². The number of thioether (sulfide) groups is 1. The van der Waals surface area contributed by atoms with Gasteiger partial charge < -0.3 is 9.80 Å². The third-order valence-corrected chi connectivity index (χ3v) is 7.20. The molecule has 5 rings (SSSR count). The van der Waals surface area contributed by atoms with Crippen LogP contribution in [0.15, 0.2) is 82.7 Å². The van der Waals surface area contributed by atoms with Crippen LogP contribution in [0.4, 0.5) is 10.1 Å². The first-order chi connectivity index (χ1) is 17.0. The number of nitrogens with zero attached hydrogens (tertiary/aromatic N) is 4. The summed E-state index contributed by atoms with van der Waals surface area (Å²) in [4.78, 5) is 34.9. The predicted molar refractivity (Wildman–Crippen MR) is 138 cm³/mol. The first-order valence-corrected chi connectivity index (χ1v) is 12.6. The summed E-state index contributed by atoms with van der Waals surface area (Å²) in [5.74, 6) is -0.375. The molecule has 0 unspecified atom stereocenters. The van der Waals surface area contributed by atoms with E-state index in [1.807, 2.05) is 29.2 Å². The molecule has 4 aromatic rings. The van der Waals surface area contributed by atoms with Crippen LogP contribution < -0.4 is 10.5 Å². The van der Waals surface area contributed by atoms with Crippen molar-refractivity contribution in [3.63, 3.8) is 0 Å². The summed E-state index contributed by atoms with van der Waals surface area (Å²) in [7, 11) is 0. The molecule has 1 aromatic heterocycles. The highest BCUT2D eigenvalue weighted by atomic mass is 35.5. The highest BCUT2D eigenvalue weighted by Crippen LogP contribution is 2.27. The van der Waals surface area contributed by atoms with Gasteiger partial charge in [-0.15, -0.1) is 0 Å². The van der Waals surface area contributed by atoms with Crippen molar-refractivity contribution in [3.05, 3.63) is 94.0 Å². The Bertz CT molecular complexity index is 1450. The largest absolute Gasteiger partial charge is 0.367 e. The summed E-state index contributed by atoms with van der Waals surface area (Å²) in [5, 5.41) is 1.48. The molecule has 0 N–H and O–H groups in total. The van der Waals surface area contributed by atoms with E-state index in [0.29, 0.717) is 52.9 Å². The van der Waals surface area contributed by atoms with Gasteiger partial charge in [0.05, 0.1) is 33.1 Å². The lowest BCUT2D eigenvalue weighted by molar-refractivity contribution is -0.128. The smallest absolute Gasteiger partial charge is 0.266 e. The lowest BCUT2D eigenvalue weighted by atomic mass is 10.2. The number of hydrogen-bond donors (Lipinski definition) is 0. The number of rotatable bonds is 5. The fourth-order valence-electron chi connectivity index (χ4n) is 4.17. The maximum Gasteiger partial charge on any atom is 0.266 e. The van der Waals surface area contributed by atoms with Crippen molar-refractivity contribution in [2.75, 3.05) is 36.8 Å². The topological polar surface area (TPSA) is 58.4 Å². The molecular formula is C26H22ClFN4O2S. The molecule has 2 heterocycles. The maximum absolute atomic E-state index is 14.0. The summed E-state index contributed by atoms with van der Waals surface area (Å²) >= 11 is 7.50. The molecule has 0 saturated carbocycles. The third-order valence-electron chi connectivity index (χ3n) is 5.96. The molecule has 0 bridgehead atoms. The number of carbonyl (C=O) groups is 1. The predicted octanol–water partition coefficient (Wildman–Crippen LogP) is 4.62. The van der Waals surface area contributed by atoms with Crippen LogP contribution in [0, 0.1) is 5.82 Å². The molecule has 1 amide bonds. The van der Waals surface area contributed by atoms with Crippen molar-refractivity contribution < 1.29 is 9.18 Å². The van der Waals surface area contributed by atoms with E-state index in [2.05, 4.69) is 9.88 Å². The normalized spacial score (nSPS) is 13.9. The molecule has 3 aromatic carbocycles. The number of amides is 1. The Hall–Kier alpha value is -3.36. The van der Waals surface area contributed by atoms with E-state index >= 15 is 0 Å². The lowest BCUT2D eigenvalue weighted by Crippen LogP contribution is -2.49. The van der Waals surface area contributed by atoms with Crippen molar-refractivity contribution in [2.24, 2.45) is 0 Å². The molecule has 0 radical (unpaired) electrons. The molecule has 0 spiro atoms. The van der Waals surface area contributed by atoms with Crippen molar-refractivity contribution in [2.45, 2.75) is 5.16 Å². The second-order valence-electron chi connectivity index (χ2n) is 8.14. The zero-order valence-corrected chi connectivity index (χ0v) is 20.3. The molecule has 9 heteroatoms. The number of fused-ring (bicyclic) bond motifs is 1. The summed E-state index contributed by atoms with van der Waals surface area (Å²) in [6, 6.07) is 20.5. The number of piperazine rings is 1. The van der Waals surface area contributed by atoms with Crippen LogP contribution in [0.2, 0.25) is 5.02 Å². The van der Waals surface area contributed by atoms with Gasteiger partial charge in [0.25, 0.3) is 5.56 Å². The number of halogens is 2. The fraction of sp³-hybridized carbons (Fsp3) is 0.192. The zero-order valence-electron chi connectivity index (χ0n) is 18.7. The molecule has 6 nitrogen and oxygen atoms in total.